The summed E-state index contributed by atoms with van der Waals surface area (Å²) in [5.74, 6) is 0.919. The molecule has 1 fully saturated rings. The van der Waals surface area contributed by atoms with Gasteiger partial charge in [0.1, 0.15) is 12.2 Å². The molecule has 0 unspecified atom stereocenters. The molecular formula is C20H26N4O4. The van der Waals surface area contributed by atoms with Gasteiger partial charge in [-0.3, -0.25) is 4.98 Å². The quantitative estimate of drug-likeness (QED) is 0.776. The van der Waals surface area contributed by atoms with Gasteiger partial charge in [-0.1, -0.05) is 11.2 Å². The Morgan fingerprint density at radius 3 is 2.79 bits per heavy atom. The van der Waals surface area contributed by atoms with Crippen molar-refractivity contribution in [2.24, 2.45) is 0 Å². The maximum absolute atomic E-state index is 12.1. The van der Waals surface area contributed by atoms with Crippen LogP contribution in [0, 0.1) is 0 Å². The fraction of sp³-hybridized carbons (Fsp3) is 0.500. The van der Waals surface area contributed by atoms with Crippen molar-refractivity contribution in [2.75, 3.05) is 13.1 Å². The van der Waals surface area contributed by atoms with Gasteiger partial charge < -0.3 is 18.9 Å². The van der Waals surface area contributed by atoms with Gasteiger partial charge in [-0.2, -0.15) is 4.98 Å². The average Bonchev–Trinajstić information content (AvgIpc) is 3.12. The SMILES string of the molecule is CC(C)(C)OC(=O)N1CCC(OCc2noc(/C=C/c3cccnc3)n2)CC1. The van der Waals surface area contributed by atoms with Gasteiger partial charge in [0.25, 0.3) is 5.89 Å². The molecule has 3 heterocycles. The molecule has 0 radical (unpaired) electrons. The van der Waals surface area contributed by atoms with E-state index in [1.54, 1.807) is 23.4 Å². The van der Waals surface area contributed by atoms with Gasteiger partial charge in [-0.25, -0.2) is 4.79 Å². The number of ether oxygens (including phenoxy) is 2. The number of piperidine rings is 1. The van der Waals surface area contributed by atoms with E-state index < -0.39 is 5.60 Å². The molecule has 0 spiro atoms. The molecule has 0 N–H and O–H groups in total. The maximum atomic E-state index is 12.1. The molecule has 0 bridgehead atoms. The number of hydrogen-bond acceptors (Lipinski definition) is 7. The monoisotopic (exact) mass is 386 g/mol. The highest BCUT2D eigenvalue weighted by atomic mass is 16.6. The Morgan fingerprint density at radius 2 is 2.11 bits per heavy atom. The Balaban J connectivity index is 1.42. The highest BCUT2D eigenvalue weighted by Crippen LogP contribution is 2.18. The lowest BCUT2D eigenvalue weighted by atomic mass is 10.1. The van der Waals surface area contributed by atoms with E-state index in [1.807, 2.05) is 39.0 Å². The number of pyridine rings is 1. The number of carbonyl (C=O) groups is 1. The molecule has 0 atom stereocenters. The van der Waals surface area contributed by atoms with Gasteiger partial charge in [0.15, 0.2) is 5.82 Å². The summed E-state index contributed by atoms with van der Waals surface area (Å²) in [5, 5.41) is 3.93. The van der Waals surface area contributed by atoms with Gasteiger partial charge in [-0.15, -0.1) is 0 Å². The van der Waals surface area contributed by atoms with Crippen molar-refractivity contribution in [1.29, 1.82) is 0 Å². The largest absolute Gasteiger partial charge is 0.444 e. The molecule has 1 saturated heterocycles. The molecule has 2 aromatic heterocycles. The number of aromatic nitrogens is 3. The Labute approximate surface area is 164 Å². The third kappa shape index (κ3) is 6.16. The van der Waals surface area contributed by atoms with Crippen LogP contribution in [0.4, 0.5) is 4.79 Å². The van der Waals surface area contributed by atoms with Crippen LogP contribution in [0.5, 0.6) is 0 Å². The molecule has 2 aromatic rings. The minimum Gasteiger partial charge on any atom is -0.444 e. The predicted molar refractivity (Wildman–Crippen MR) is 103 cm³/mol. The molecule has 150 valence electrons. The summed E-state index contributed by atoms with van der Waals surface area (Å²) >= 11 is 0. The molecule has 0 saturated carbocycles. The van der Waals surface area contributed by atoms with Crippen molar-refractivity contribution in [2.45, 2.75) is 51.9 Å². The van der Waals surface area contributed by atoms with Crippen LogP contribution in [0.1, 0.15) is 50.9 Å². The second-order valence-electron chi connectivity index (χ2n) is 7.65. The van der Waals surface area contributed by atoms with E-state index >= 15 is 0 Å². The minimum absolute atomic E-state index is 0.0616. The lowest BCUT2D eigenvalue weighted by Crippen LogP contribution is -2.43. The number of hydrogen-bond donors (Lipinski definition) is 0. The number of carbonyl (C=O) groups excluding carboxylic acids is 1. The van der Waals surface area contributed by atoms with Crippen LogP contribution in [0.3, 0.4) is 0 Å². The molecule has 8 heteroatoms. The fourth-order valence-corrected chi connectivity index (χ4v) is 2.76. The lowest BCUT2D eigenvalue weighted by molar-refractivity contribution is -0.0190. The Hall–Kier alpha value is -2.74. The van der Waals surface area contributed by atoms with Crippen LogP contribution in [0.25, 0.3) is 12.2 Å². The average molecular weight is 386 g/mol. The van der Waals surface area contributed by atoms with E-state index in [4.69, 9.17) is 14.0 Å². The highest BCUT2D eigenvalue weighted by molar-refractivity contribution is 5.68. The summed E-state index contributed by atoms with van der Waals surface area (Å²) < 4.78 is 16.5. The third-order valence-electron chi connectivity index (χ3n) is 4.13. The first-order valence-corrected chi connectivity index (χ1v) is 9.39. The van der Waals surface area contributed by atoms with Crippen LogP contribution in [-0.2, 0) is 16.1 Å². The van der Waals surface area contributed by atoms with Crippen LogP contribution in [0.15, 0.2) is 29.0 Å². The summed E-state index contributed by atoms with van der Waals surface area (Å²) in [6, 6.07) is 3.80. The summed E-state index contributed by atoms with van der Waals surface area (Å²) in [7, 11) is 0. The van der Waals surface area contributed by atoms with E-state index in [9.17, 15) is 4.79 Å². The fourth-order valence-electron chi connectivity index (χ4n) is 2.76. The Bertz CT molecular complexity index is 790. The van der Waals surface area contributed by atoms with Gasteiger partial charge in [0.2, 0.25) is 0 Å². The Kier molecular flexibility index (Phi) is 6.41. The molecule has 8 nitrogen and oxygen atoms in total. The minimum atomic E-state index is -0.480. The number of amides is 1. The van der Waals surface area contributed by atoms with Gasteiger partial charge in [0.05, 0.1) is 6.10 Å². The summed E-state index contributed by atoms with van der Waals surface area (Å²) in [6.07, 6.45) is 8.37. The molecule has 3 rings (SSSR count). The third-order valence-corrected chi connectivity index (χ3v) is 4.13. The van der Waals surface area contributed by atoms with Gasteiger partial charge in [0, 0.05) is 31.6 Å². The second kappa shape index (κ2) is 8.97. The first-order valence-electron chi connectivity index (χ1n) is 9.39. The van der Waals surface area contributed by atoms with E-state index in [0.717, 1.165) is 18.4 Å². The van der Waals surface area contributed by atoms with Crippen molar-refractivity contribution >= 4 is 18.2 Å². The summed E-state index contributed by atoms with van der Waals surface area (Å²) in [4.78, 5) is 22.2. The highest BCUT2D eigenvalue weighted by Gasteiger charge is 2.27. The van der Waals surface area contributed by atoms with Crippen molar-refractivity contribution in [3.63, 3.8) is 0 Å². The number of likely N-dealkylation sites (tertiary alicyclic amines) is 1. The van der Waals surface area contributed by atoms with Gasteiger partial charge in [-0.05, 0) is 51.3 Å². The number of nitrogens with zero attached hydrogens (tertiary/aromatic N) is 4. The van der Waals surface area contributed by atoms with Crippen molar-refractivity contribution in [3.8, 4) is 0 Å². The zero-order valence-electron chi connectivity index (χ0n) is 16.5. The topological polar surface area (TPSA) is 90.6 Å². The molecule has 1 aliphatic rings. The van der Waals surface area contributed by atoms with Crippen LogP contribution in [-0.4, -0.2) is 50.9 Å². The summed E-state index contributed by atoms with van der Waals surface area (Å²) in [6.45, 7) is 7.11. The second-order valence-corrected chi connectivity index (χ2v) is 7.65. The lowest BCUT2D eigenvalue weighted by Gasteiger charge is -2.33. The molecule has 28 heavy (non-hydrogen) atoms. The molecule has 1 aliphatic heterocycles. The standard InChI is InChI=1S/C20H26N4O4/c1-20(2,3)27-19(25)24-11-8-16(9-12-24)26-14-17-22-18(28-23-17)7-6-15-5-4-10-21-13-15/h4-7,10,13,16H,8-9,11-12,14H2,1-3H3/b7-6+. The zero-order valence-corrected chi connectivity index (χ0v) is 16.5. The predicted octanol–water partition coefficient (Wildman–Crippen LogP) is 3.55. The molecule has 0 aromatic carbocycles. The normalized spacial score (nSPS) is 15.9. The van der Waals surface area contributed by atoms with E-state index in [2.05, 4.69) is 15.1 Å². The van der Waals surface area contributed by atoms with Crippen LogP contribution >= 0.6 is 0 Å². The van der Waals surface area contributed by atoms with E-state index in [0.29, 0.717) is 24.8 Å². The smallest absolute Gasteiger partial charge is 0.410 e. The van der Waals surface area contributed by atoms with Crippen molar-refractivity contribution in [3.05, 3.63) is 41.8 Å². The Morgan fingerprint density at radius 1 is 1.32 bits per heavy atom. The molecule has 1 amide bonds. The van der Waals surface area contributed by atoms with Crippen molar-refractivity contribution < 1.29 is 18.8 Å². The van der Waals surface area contributed by atoms with Crippen LogP contribution in [0.2, 0.25) is 0 Å². The molecule has 0 aliphatic carbocycles. The number of rotatable bonds is 5. The van der Waals surface area contributed by atoms with Crippen molar-refractivity contribution in [1.82, 2.24) is 20.0 Å². The maximum Gasteiger partial charge on any atom is 0.410 e. The molecular weight excluding hydrogens is 360 g/mol. The first kappa shape index (κ1) is 20.0. The van der Waals surface area contributed by atoms with E-state index in [1.165, 1.54) is 0 Å². The summed E-state index contributed by atoms with van der Waals surface area (Å²) in [5.41, 5.74) is 0.474. The van der Waals surface area contributed by atoms with E-state index in [-0.39, 0.29) is 18.8 Å². The first-order chi connectivity index (χ1) is 13.4. The van der Waals surface area contributed by atoms with Gasteiger partial charge >= 0.3 is 6.09 Å². The zero-order chi connectivity index (χ0) is 20.0. The van der Waals surface area contributed by atoms with Crippen LogP contribution < -0.4 is 0 Å².